The second-order valence-corrected chi connectivity index (χ2v) is 8.99. The Labute approximate surface area is 187 Å². The summed E-state index contributed by atoms with van der Waals surface area (Å²) in [6, 6.07) is 21.5. The summed E-state index contributed by atoms with van der Waals surface area (Å²) in [6.07, 6.45) is 0. The zero-order valence-corrected chi connectivity index (χ0v) is 18.5. The standard InChI is InChI=1S/C23H19F2N3OS2/c1-27(2)16-9-7-15(8-10-16)21(29)28(17-11-13-18(14-12-17)30-22(24)25)23-26-19-5-3-4-6-20(19)31-23/h3-14,22H,1-2H3. The van der Waals surface area contributed by atoms with E-state index >= 15 is 0 Å². The third-order valence-corrected chi connectivity index (χ3v) is 6.37. The van der Waals surface area contributed by atoms with Gasteiger partial charge in [0.25, 0.3) is 11.7 Å². The van der Waals surface area contributed by atoms with Gasteiger partial charge in [-0.05, 0) is 60.7 Å². The molecule has 0 aliphatic rings. The summed E-state index contributed by atoms with van der Waals surface area (Å²) in [6.45, 7) is 0. The summed E-state index contributed by atoms with van der Waals surface area (Å²) in [7, 11) is 3.87. The topological polar surface area (TPSA) is 36.4 Å². The van der Waals surface area contributed by atoms with E-state index in [0.717, 1.165) is 15.9 Å². The molecule has 0 unspecified atom stereocenters. The first-order valence-electron chi connectivity index (χ1n) is 9.44. The SMILES string of the molecule is CN(C)c1ccc(C(=O)N(c2ccc(SC(F)F)cc2)c2nc3ccccc3s2)cc1. The van der Waals surface area contributed by atoms with Gasteiger partial charge in [0.05, 0.1) is 15.9 Å². The Balaban J connectivity index is 1.75. The molecule has 8 heteroatoms. The second-order valence-electron chi connectivity index (χ2n) is 6.92. The number of thiazole rings is 1. The zero-order chi connectivity index (χ0) is 22.0. The van der Waals surface area contributed by atoms with E-state index in [1.807, 2.05) is 55.4 Å². The lowest BCUT2D eigenvalue weighted by atomic mass is 10.1. The van der Waals surface area contributed by atoms with Gasteiger partial charge in [-0.2, -0.15) is 8.78 Å². The number of anilines is 3. The number of benzene rings is 3. The van der Waals surface area contributed by atoms with Crippen molar-refractivity contribution in [3.8, 4) is 0 Å². The summed E-state index contributed by atoms with van der Waals surface area (Å²) in [5.41, 5.74) is 2.86. The number of hydrogen-bond acceptors (Lipinski definition) is 5. The molecule has 4 nitrogen and oxygen atoms in total. The van der Waals surface area contributed by atoms with Crippen LogP contribution in [0.2, 0.25) is 0 Å². The number of carbonyl (C=O) groups is 1. The molecule has 158 valence electrons. The van der Waals surface area contributed by atoms with E-state index in [2.05, 4.69) is 4.98 Å². The Morgan fingerprint density at radius 3 is 2.19 bits per heavy atom. The Bertz CT molecular complexity index is 1160. The minimum atomic E-state index is -2.50. The molecule has 0 radical (unpaired) electrons. The maximum absolute atomic E-state index is 13.5. The molecule has 4 rings (SSSR count). The minimum Gasteiger partial charge on any atom is -0.378 e. The largest absolute Gasteiger partial charge is 0.378 e. The van der Waals surface area contributed by atoms with Crippen LogP contribution in [-0.2, 0) is 0 Å². The van der Waals surface area contributed by atoms with Crippen molar-refractivity contribution in [1.82, 2.24) is 4.98 Å². The molecule has 0 aliphatic carbocycles. The van der Waals surface area contributed by atoms with Crippen LogP contribution >= 0.6 is 23.1 Å². The van der Waals surface area contributed by atoms with Gasteiger partial charge in [-0.25, -0.2) is 4.98 Å². The fourth-order valence-electron chi connectivity index (χ4n) is 3.08. The Morgan fingerprint density at radius 1 is 0.935 bits per heavy atom. The average molecular weight is 456 g/mol. The van der Waals surface area contributed by atoms with Gasteiger partial charge in [0.15, 0.2) is 5.13 Å². The molecular weight excluding hydrogens is 436 g/mol. The Kier molecular flexibility index (Phi) is 6.20. The van der Waals surface area contributed by atoms with Crippen molar-refractivity contribution in [2.24, 2.45) is 0 Å². The summed E-state index contributed by atoms with van der Waals surface area (Å²) < 4.78 is 26.3. The quantitative estimate of drug-likeness (QED) is 0.305. The molecule has 1 amide bonds. The highest BCUT2D eigenvalue weighted by Gasteiger charge is 2.23. The second kappa shape index (κ2) is 9.03. The number of aromatic nitrogens is 1. The molecule has 0 saturated heterocycles. The van der Waals surface area contributed by atoms with Crippen LogP contribution in [0.25, 0.3) is 10.2 Å². The molecule has 0 saturated carbocycles. The van der Waals surface area contributed by atoms with Gasteiger partial charge in [0.1, 0.15) is 0 Å². The molecule has 0 fully saturated rings. The van der Waals surface area contributed by atoms with Crippen molar-refractivity contribution < 1.29 is 13.6 Å². The molecular formula is C23H19F2N3OS2. The number of alkyl halides is 2. The molecule has 0 spiro atoms. The zero-order valence-electron chi connectivity index (χ0n) is 16.8. The molecule has 31 heavy (non-hydrogen) atoms. The lowest BCUT2D eigenvalue weighted by Crippen LogP contribution is -2.26. The van der Waals surface area contributed by atoms with Crippen LogP contribution in [0.1, 0.15) is 10.4 Å². The van der Waals surface area contributed by atoms with Gasteiger partial charge in [0, 0.05) is 30.2 Å². The van der Waals surface area contributed by atoms with Crippen molar-refractivity contribution in [2.75, 3.05) is 23.9 Å². The summed E-state index contributed by atoms with van der Waals surface area (Å²) in [5.74, 6) is -2.73. The van der Waals surface area contributed by atoms with Gasteiger partial charge in [-0.3, -0.25) is 9.69 Å². The van der Waals surface area contributed by atoms with E-state index in [0.29, 0.717) is 33.0 Å². The highest BCUT2D eigenvalue weighted by Crippen LogP contribution is 2.36. The van der Waals surface area contributed by atoms with E-state index in [1.165, 1.54) is 16.2 Å². The molecule has 0 bridgehead atoms. The highest BCUT2D eigenvalue weighted by molar-refractivity contribution is 7.99. The van der Waals surface area contributed by atoms with E-state index in [-0.39, 0.29) is 5.91 Å². The summed E-state index contributed by atoms with van der Waals surface area (Å²) in [5, 5.41) is 0.525. The maximum atomic E-state index is 13.5. The molecule has 1 heterocycles. The summed E-state index contributed by atoms with van der Waals surface area (Å²) in [4.78, 5) is 22.1. The van der Waals surface area contributed by atoms with Crippen molar-refractivity contribution >= 4 is 55.7 Å². The van der Waals surface area contributed by atoms with Crippen LogP contribution in [0.5, 0.6) is 0 Å². The lowest BCUT2D eigenvalue weighted by Gasteiger charge is -2.21. The Morgan fingerprint density at radius 2 is 1.58 bits per heavy atom. The van der Waals surface area contributed by atoms with Crippen LogP contribution in [0.4, 0.5) is 25.3 Å². The maximum Gasteiger partial charge on any atom is 0.288 e. The number of hydrogen-bond donors (Lipinski definition) is 0. The van der Waals surface area contributed by atoms with E-state index in [9.17, 15) is 13.6 Å². The molecule has 0 atom stereocenters. The van der Waals surface area contributed by atoms with Gasteiger partial charge in [-0.1, -0.05) is 35.2 Å². The number of nitrogens with zero attached hydrogens (tertiary/aromatic N) is 3. The van der Waals surface area contributed by atoms with Crippen LogP contribution < -0.4 is 9.80 Å². The van der Waals surface area contributed by atoms with Crippen LogP contribution in [0, 0.1) is 0 Å². The smallest absolute Gasteiger partial charge is 0.288 e. The third-order valence-electron chi connectivity index (χ3n) is 4.63. The van der Waals surface area contributed by atoms with Crippen molar-refractivity contribution in [3.05, 3.63) is 78.4 Å². The van der Waals surface area contributed by atoms with Gasteiger partial charge < -0.3 is 4.90 Å². The van der Waals surface area contributed by atoms with E-state index < -0.39 is 5.76 Å². The molecule has 0 aliphatic heterocycles. The minimum absolute atomic E-state index is 0.237. The Hall–Kier alpha value is -2.97. The average Bonchev–Trinajstić information content (AvgIpc) is 3.18. The fraction of sp³-hybridized carbons (Fsp3) is 0.130. The predicted molar refractivity (Wildman–Crippen MR) is 125 cm³/mol. The first kappa shape index (κ1) is 21.3. The number of carbonyl (C=O) groups excluding carboxylic acids is 1. The van der Waals surface area contributed by atoms with Gasteiger partial charge in [0.2, 0.25) is 0 Å². The van der Waals surface area contributed by atoms with Gasteiger partial charge in [-0.15, -0.1) is 0 Å². The first-order chi connectivity index (χ1) is 14.9. The lowest BCUT2D eigenvalue weighted by molar-refractivity contribution is 0.0999. The molecule has 4 aromatic rings. The monoisotopic (exact) mass is 455 g/mol. The van der Waals surface area contributed by atoms with Crippen LogP contribution in [0.15, 0.2) is 77.7 Å². The number of fused-ring (bicyclic) bond motifs is 1. The van der Waals surface area contributed by atoms with Gasteiger partial charge >= 0.3 is 0 Å². The number of rotatable bonds is 6. The summed E-state index contributed by atoms with van der Waals surface area (Å²) >= 11 is 1.88. The van der Waals surface area contributed by atoms with E-state index in [4.69, 9.17) is 0 Å². The normalized spacial score (nSPS) is 11.1. The first-order valence-corrected chi connectivity index (χ1v) is 11.1. The van der Waals surface area contributed by atoms with Crippen LogP contribution in [0.3, 0.4) is 0 Å². The molecule has 0 N–H and O–H groups in total. The van der Waals surface area contributed by atoms with E-state index in [1.54, 1.807) is 36.4 Å². The third kappa shape index (κ3) is 4.70. The highest BCUT2D eigenvalue weighted by atomic mass is 32.2. The number of thioether (sulfide) groups is 1. The van der Waals surface area contributed by atoms with Crippen molar-refractivity contribution in [1.29, 1.82) is 0 Å². The number of amides is 1. The number of halogens is 2. The fourth-order valence-corrected chi connectivity index (χ4v) is 4.56. The molecule has 1 aromatic heterocycles. The molecule has 3 aromatic carbocycles. The van der Waals surface area contributed by atoms with Crippen molar-refractivity contribution in [2.45, 2.75) is 10.7 Å². The van der Waals surface area contributed by atoms with Crippen LogP contribution in [-0.4, -0.2) is 30.7 Å². The van der Waals surface area contributed by atoms with Crippen molar-refractivity contribution in [3.63, 3.8) is 0 Å². The number of para-hydroxylation sites is 1. The predicted octanol–water partition coefficient (Wildman–Crippen LogP) is 6.66.